The van der Waals surface area contributed by atoms with Crippen LogP contribution in [-0.2, 0) is 4.79 Å². The van der Waals surface area contributed by atoms with Gasteiger partial charge >= 0.3 is 0 Å². The van der Waals surface area contributed by atoms with E-state index in [2.05, 4.69) is 5.32 Å². The summed E-state index contributed by atoms with van der Waals surface area (Å²) in [5.41, 5.74) is 1.02. The van der Waals surface area contributed by atoms with E-state index in [0.717, 1.165) is 0 Å². The molecule has 0 radical (unpaired) electrons. The standard InChI is InChI=1S/C14H15N3O2/c1-2-12-13(18)16-7-8-17(12)14(19)11-5-3-10(9-15)4-6-11/h3-6,12H,2,7-8H2,1H3,(H,16,18). The zero-order chi connectivity index (χ0) is 13.8. The van der Waals surface area contributed by atoms with E-state index in [9.17, 15) is 9.59 Å². The van der Waals surface area contributed by atoms with Gasteiger partial charge < -0.3 is 10.2 Å². The van der Waals surface area contributed by atoms with Gasteiger partial charge in [0.15, 0.2) is 0 Å². The average Bonchev–Trinajstić information content (AvgIpc) is 2.46. The van der Waals surface area contributed by atoms with Crippen molar-refractivity contribution in [1.82, 2.24) is 10.2 Å². The molecule has 0 saturated carbocycles. The van der Waals surface area contributed by atoms with Crippen LogP contribution in [-0.4, -0.2) is 35.8 Å². The summed E-state index contributed by atoms with van der Waals surface area (Å²) in [5, 5.41) is 11.5. The maximum Gasteiger partial charge on any atom is 0.254 e. The van der Waals surface area contributed by atoms with Crippen molar-refractivity contribution in [3.63, 3.8) is 0 Å². The van der Waals surface area contributed by atoms with Crippen molar-refractivity contribution < 1.29 is 9.59 Å². The van der Waals surface area contributed by atoms with Crippen LogP contribution in [0.4, 0.5) is 0 Å². The van der Waals surface area contributed by atoms with E-state index in [0.29, 0.717) is 30.6 Å². The highest BCUT2D eigenvalue weighted by Gasteiger charge is 2.31. The second-order valence-electron chi connectivity index (χ2n) is 4.40. The lowest BCUT2D eigenvalue weighted by atomic mass is 10.1. The lowest BCUT2D eigenvalue weighted by Crippen LogP contribution is -2.56. The number of carbonyl (C=O) groups is 2. The van der Waals surface area contributed by atoms with Crippen molar-refractivity contribution in [2.24, 2.45) is 0 Å². The average molecular weight is 257 g/mol. The first-order valence-electron chi connectivity index (χ1n) is 6.26. The Morgan fingerprint density at radius 1 is 1.47 bits per heavy atom. The fraction of sp³-hybridized carbons (Fsp3) is 0.357. The molecule has 1 atom stereocenters. The lowest BCUT2D eigenvalue weighted by molar-refractivity contribution is -0.127. The number of carbonyl (C=O) groups excluding carboxylic acids is 2. The van der Waals surface area contributed by atoms with Crippen LogP contribution in [0, 0.1) is 11.3 Å². The summed E-state index contributed by atoms with van der Waals surface area (Å²) < 4.78 is 0. The largest absolute Gasteiger partial charge is 0.353 e. The number of hydrogen-bond acceptors (Lipinski definition) is 3. The molecule has 5 heteroatoms. The van der Waals surface area contributed by atoms with E-state index in [1.165, 1.54) is 0 Å². The molecule has 1 saturated heterocycles. The fourth-order valence-electron chi connectivity index (χ4n) is 2.22. The summed E-state index contributed by atoms with van der Waals surface area (Å²) >= 11 is 0. The summed E-state index contributed by atoms with van der Waals surface area (Å²) in [6.45, 7) is 2.88. The van der Waals surface area contributed by atoms with E-state index >= 15 is 0 Å². The van der Waals surface area contributed by atoms with Gasteiger partial charge in [0.1, 0.15) is 6.04 Å². The normalized spacial score (nSPS) is 18.6. The van der Waals surface area contributed by atoms with E-state index in [1.807, 2.05) is 13.0 Å². The molecule has 2 amide bonds. The molecule has 1 fully saturated rings. The molecular weight excluding hydrogens is 242 g/mol. The number of nitrogens with one attached hydrogen (secondary N) is 1. The predicted octanol–water partition coefficient (Wildman–Crippen LogP) is 0.909. The molecule has 0 aromatic heterocycles. The van der Waals surface area contributed by atoms with Crippen molar-refractivity contribution in [2.75, 3.05) is 13.1 Å². The Labute approximate surface area is 111 Å². The molecule has 1 aliphatic rings. The highest BCUT2D eigenvalue weighted by atomic mass is 16.2. The second kappa shape index (κ2) is 5.53. The van der Waals surface area contributed by atoms with Gasteiger partial charge in [-0.15, -0.1) is 0 Å². The third-order valence-electron chi connectivity index (χ3n) is 3.24. The maximum absolute atomic E-state index is 12.4. The van der Waals surface area contributed by atoms with Crippen molar-refractivity contribution in [3.05, 3.63) is 35.4 Å². The van der Waals surface area contributed by atoms with Crippen LogP contribution in [0.25, 0.3) is 0 Å². The summed E-state index contributed by atoms with van der Waals surface area (Å²) in [5.74, 6) is -0.262. The molecule has 1 unspecified atom stereocenters. The Kier molecular flexibility index (Phi) is 3.81. The molecule has 1 aromatic carbocycles. The predicted molar refractivity (Wildman–Crippen MR) is 69.3 cm³/mol. The summed E-state index contributed by atoms with van der Waals surface area (Å²) in [6.07, 6.45) is 0.591. The topological polar surface area (TPSA) is 73.2 Å². The first-order valence-corrected chi connectivity index (χ1v) is 6.26. The molecule has 0 spiro atoms. The van der Waals surface area contributed by atoms with Gasteiger partial charge in [0.05, 0.1) is 11.6 Å². The number of hydrogen-bond donors (Lipinski definition) is 1. The van der Waals surface area contributed by atoms with Gasteiger partial charge in [-0.3, -0.25) is 9.59 Å². The number of piperazine rings is 1. The molecule has 0 aliphatic carbocycles. The Morgan fingerprint density at radius 2 is 2.16 bits per heavy atom. The van der Waals surface area contributed by atoms with Crippen molar-refractivity contribution in [3.8, 4) is 6.07 Å². The van der Waals surface area contributed by atoms with E-state index in [-0.39, 0.29) is 11.8 Å². The third-order valence-corrected chi connectivity index (χ3v) is 3.24. The van der Waals surface area contributed by atoms with Crippen molar-refractivity contribution in [1.29, 1.82) is 5.26 Å². The Balaban J connectivity index is 2.22. The molecule has 1 heterocycles. The first-order chi connectivity index (χ1) is 9.17. The number of rotatable bonds is 2. The Hall–Kier alpha value is -2.35. The maximum atomic E-state index is 12.4. The van der Waals surface area contributed by atoms with Gasteiger partial charge in [-0.1, -0.05) is 6.92 Å². The van der Waals surface area contributed by atoms with Crippen LogP contribution >= 0.6 is 0 Å². The number of nitrogens with zero attached hydrogens (tertiary/aromatic N) is 2. The molecule has 19 heavy (non-hydrogen) atoms. The van der Waals surface area contributed by atoms with Crippen molar-refractivity contribution >= 4 is 11.8 Å². The molecule has 1 aromatic rings. The molecule has 1 aliphatic heterocycles. The van der Waals surface area contributed by atoms with E-state index in [4.69, 9.17) is 5.26 Å². The van der Waals surface area contributed by atoms with Crippen molar-refractivity contribution in [2.45, 2.75) is 19.4 Å². The molecule has 1 N–H and O–H groups in total. The van der Waals surface area contributed by atoms with Gasteiger partial charge in [0.25, 0.3) is 5.91 Å². The summed E-state index contributed by atoms with van der Waals surface area (Å²) in [6, 6.07) is 8.07. The molecule has 2 rings (SSSR count). The SMILES string of the molecule is CCC1C(=O)NCCN1C(=O)c1ccc(C#N)cc1. The third kappa shape index (κ3) is 2.58. The highest BCUT2D eigenvalue weighted by molar-refractivity contribution is 5.98. The first kappa shape index (κ1) is 13.1. The van der Waals surface area contributed by atoms with E-state index < -0.39 is 6.04 Å². The summed E-state index contributed by atoms with van der Waals surface area (Å²) in [4.78, 5) is 25.7. The zero-order valence-corrected chi connectivity index (χ0v) is 10.7. The summed E-state index contributed by atoms with van der Waals surface area (Å²) in [7, 11) is 0. The minimum absolute atomic E-state index is 0.101. The monoisotopic (exact) mass is 257 g/mol. The lowest BCUT2D eigenvalue weighted by Gasteiger charge is -2.34. The molecule has 5 nitrogen and oxygen atoms in total. The van der Waals surface area contributed by atoms with Gasteiger partial charge in [-0.25, -0.2) is 0 Å². The highest BCUT2D eigenvalue weighted by Crippen LogP contribution is 2.14. The zero-order valence-electron chi connectivity index (χ0n) is 10.7. The van der Waals surface area contributed by atoms with Gasteiger partial charge in [-0.2, -0.15) is 5.26 Å². The number of nitriles is 1. The second-order valence-corrected chi connectivity index (χ2v) is 4.40. The number of amides is 2. The van der Waals surface area contributed by atoms with Crippen LogP contribution in [0.15, 0.2) is 24.3 Å². The molecule has 0 bridgehead atoms. The van der Waals surface area contributed by atoms with Crippen LogP contribution in [0.2, 0.25) is 0 Å². The molecule has 98 valence electrons. The molecular formula is C14H15N3O2. The quantitative estimate of drug-likeness (QED) is 0.855. The smallest absolute Gasteiger partial charge is 0.254 e. The Bertz CT molecular complexity index is 531. The van der Waals surface area contributed by atoms with Crippen LogP contribution < -0.4 is 5.32 Å². The fourth-order valence-corrected chi connectivity index (χ4v) is 2.22. The van der Waals surface area contributed by atoms with E-state index in [1.54, 1.807) is 29.2 Å². The van der Waals surface area contributed by atoms with Gasteiger partial charge in [0.2, 0.25) is 5.91 Å². The van der Waals surface area contributed by atoms with Gasteiger partial charge in [0, 0.05) is 18.7 Å². The van der Waals surface area contributed by atoms with Crippen LogP contribution in [0.5, 0.6) is 0 Å². The minimum atomic E-state index is -0.406. The minimum Gasteiger partial charge on any atom is -0.353 e. The Morgan fingerprint density at radius 3 is 2.74 bits per heavy atom. The van der Waals surface area contributed by atoms with Crippen LogP contribution in [0.3, 0.4) is 0 Å². The van der Waals surface area contributed by atoms with Gasteiger partial charge in [-0.05, 0) is 30.7 Å². The number of benzene rings is 1. The van der Waals surface area contributed by atoms with Crippen LogP contribution in [0.1, 0.15) is 29.3 Å².